The fourth-order valence-corrected chi connectivity index (χ4v) is 0. The Hall–Kier alpha value is -0.120. The van der Waals surface area contributed by atoms with Crippen molar-refractivity contribution >= 4 is 0 Å². The van der Waals surface area contributed by atoms with Crippen LogP contribution in [0.2, 0.25) is 0 Å². The van der Waals surface area contributed by atoms with Gasteiger partial charge in [0.05, 0.1) is 12.2 Å². The molecule has 0 aromatic heterocycles. The Bertz CT molecular complexity index is 61.0. The number of hydrogen-bond acceptors (Lipinski definition) is 3. The van der Waals surface area contributed by atoms with Gasteiger partial charge in [0.25, 0.3) is 0 Å². The van der Waals surface area contributed by atoms with E-state index < -0.39 is 5.60 Å². The maximum absolute atomic E-state index is 8.58. The van der Waals surface area contributed by atoms with E-state index in [1.165, 1.54) is 0 Å². The molecule has 0 aliphatic rings. The minimum absolute atomic E-state index is 0.167. The summed E-state index contributed by atoms with van der Waals surface area (Å²) >= 11 is 0. The maximum atomic E-state index is 8.58. The topological polar surface area (TPSA) is 60.7 Å². The van der Waals surface area contributed by atoms with Crippen LogP contribution < -0.4 is 0 Å². The van der Waals surface area contributed by atoms with E-state index in [0.29, 0.717) is 0 Å². The van der Waals surface area contributed by atoms with Crippen LogP contribution in [0.25, 0.3) is 0 Å². The standard InChI is InChI=1S/C4H10O2.C3H8O/c1-4(2,6)3-5;1-3(2)4/h5-6H,3H2,1-2H3;3-4H,1-2H3. The van der Waals surface area contributed by atoms with Crippen LogP contribution in [0.4, 0.5) is 0 Å². The summed E-state index contributed by atoms with van der Waals surface area (Å²) in [5.74, 6) is 0. The summed E-state index contributed by atoms with van der Waals surface area (Å²) in [5, 5.41) is 24.8. The van der Waals surface area contributed by atoms with Crippen LogP contribution in [-0.4, -0.2) is 33.6 Å². The fourth-order valence-electron chi connectivity index (χ4n) is 0. The monoisotopic (exact) mass is 150 g/mol. The molecule has 0 aromatic carbocycles. The van der Waals surface area contributed by atoms with Gasteiger partial charge in [-0.15, -0.1) is 0 Å². The predicted octanol–water partition coefficient (Wildman–Crippen LogP) is 0.137. The van der Waals surface area contributed by atoms with Gasteiger partial charge in [-0.1, -0.05) is 0 Å². The molecule has 0 rings (SSSR count). The number of aliphatic hydroxyl groups excluding tert-OH is 2. The van der Waals surface area contributed by atoms with Crippen molar-refractivity contribution in [3.63, 3.8) is 0 Å². The summed E-state index contributed by atoms with van der Waals surface area (Å²) in [6, 6.07) is 0. The molecule has 0 aliphatic heterocycles. The summed E-state index contributed by atoms with van der Waals surface area (Å²) in [4.78, 5) is 0. The molecule has 0 spiro atoms. The first-order chi connectivity index (χ1) is 4.29. The number of aliphatic hydroxyl groups is 3. The lowest BCUT2D eigenvalue weighted by Crippen LogP contribution is -2.23. The lowest BCUT2D eigenvalue weighted by atomic mass is 10.2. The second-order valence-corrected chi connectivity index (χ2v) is 3.06. The highest BCUT2D eigenvalue weighted by molar-refractivity contribution is 4.59. The quantitative estimate of drug-likeness (QED) is 0.498. The molecule has 3 nitrogen and oxygen atoms in total. The number of rotatable bonds is 1. The molecule has 0 amide bonds. The molecule has 0 aromatic rings. The lowest BCUT2D eigenvalue weighted by Gasteiger charge is -2.10. The van der Waals surface area contributed by atoms with Crippen LogP contribution >= 0.6 is 0 Å². The largest absolute Gasteiger partial charge is 0.394 e. The van der Waals surface area contributed by atoms with Crippen molar-refractivity contribution in [1.29, 1.82) is 0 Å². The van der Waals surface area contributed by atoms with Crippen LogP contribution in [0, 0.1) is 0 Å². The van der Waals surface area contributed by atoms with Crippen molar-refractivity contribution in [1.82, 2.24) is 0 Å². The molecule has 0 atom stereocenters. The van der Waals surface area contributed by atoms with Crippen molar-refractivity contribution in [3.8, 4) is 0 Å². The molecule has 0 radical (unpaired) electrons. The first-order valence-electron chi connectivity index (χ1n) is 3.31. The third kappa shape index (κ3) is 45.0. The zero-order valence-corrected chi connectivity index (χ0v) is 7.13. The Morgan fingerprint density at radius 3 is 1.40 bits per heavy atom. The van der Waals surface area contributed by atoms with Crippen molar-refractivity contribution in [3.05, 3.63) is 0 Å². The molecule has 0 unspecified atom stereocenters. The van der Waals surface area contributed by atoms with E-state index in [1.54, 1.807) is 27.7 Å². The third-order valence-electron chi connectivity index (χ3n) is 0.387. The normalized spacial score (nSPS) is 10.8. The van der Waals surface area contributed by atoms with Crippen LogP contribution in [0.5, 0.6) is 0 Å². The zero-order chi connectivity index (χ0) is 8.78. The lowest BCUT2D eigenvalue weighted by molar-refractivity contribution is 0.0183. The molecule has 0 bridgehead atoms. The smallest absolute Gasteiger partial charge is 0.0821 e. The molecule has 0 aliphatic carbocycles. The molecule has 0 saturated heterocycles. The highest BCUT2D eigenvalue weighted by Gasteiger charge is 2.07. The van der Waals surface area contributed by atoms with E-state index in [0.717, 1.165) is 0 Å². The minimum atomic E-state index is -0.903. The maximum Gasteiger partial charge on any atom is 0.0821 e. The van der Waals surface area contributed by atoms with Gasteiger partial charge in [0.15, 0.2) is 0 Å². The first kappa shape index (κ1) is 12.5. The molecule has 0 saturated carbocycles. The van der Waals surface area contributed by atoms with Gasteiger partial charge in [0.1, 0.15) is 0 Å². The van der Waals surface area contributed by atoms with Crippen molar-refractivity contribution < 1.29 is 15.3 Å². The highest BCUT2D eigenvalue weighted by atomic mass is 16.3. The molecule has 0 heterocycles. The van der Waals surface area contributed by atoms with E-state index >= 15 is 0 Å². The van der Waals surface area contributed by atoms with Crippen LogP contribution in [0.3, 0.4) is 0 Å². The summed E-state index contributed by atoms with van der Waals surface area (Å²) in [6.07, 6.45) is -0.167. The molecular weight excluding hydrogens is 132 g/mol. The Kier molecular flexibility index (Phi) is 7.09. The van der Waals surface area contributed by atoms with Gasteiger partial charge in [0, 0.05) is 6.10 Å². The SMILES string of the molecule is CC(C)(O)CO.CC(C)O. The average Bonchev–Trinajstić information content (AvgIpc) is 1.63. The second kappa shape index (κ2) is 5.65. The van der Waals surface area contributed by atoms with Crippen molar-refractivity contribution in [2.24, 2.45) is 0 Å². The minimum Gasteiger partial charge on any atom is -0.394 e. The Morgan fingerprint density at radius 2 is 1.40 bits per heavy atom. The van der Waals surface area contributed by atoms with E-state index in [-0.39, 0.29) is 12.7 Å². The highest BCUT2D eigenvalue weighted by Crippen LogP contribution is 1.95. The molecule has 0 fully saturated rings. The third-order valence-corrected chi connectivity index (χ3v) is 0.387. The van der Waals surface area contributed by atoms with E-state index in [1.807, 2.05) is 0 Å². The average molecular weight is 150 g/mol. The van der Waals surface area contributed by atoms with Crippen LogP contribution in [0.15, 0.2) is 0 Å². The Balaban J connectivity index is 0. The predicted molar refractivity (Wildman–Crippen MR) is 40.7 cm³/mol. The van der Waals surface area contributed by atoms with Gasteiger partial charge >= 0.3 is 0 Å². The summed E-state index contributed by atoms with van der Waals surface area (Å²) in [6.45, 7) is 6.37. The summed E-state index contributed by atoms with van der Waals surface area (Å²) in [7, 11) is 0. The fraction of sp³-hybridized carbons (Fsp3) is 1.00. The van der Waals surface area contributed by atoms with E-state index in [9.17, 15) is 0 Å². The molecule has 3 heteroatoms. The van der Waals surface area contributed by atoms with Gasteiger partial charge in [-0.2, -0.15) is 0 Å². The van der Waals surface area contributed by atoms with E-state index in [2.05, 4.69) is 0 Å². The van der Waals surface area contributed by atoms with Crippen molar-refractivity contribution in [2.45, 2.75) is 39.4 Å². The Morgan fingerprint density at radius 1 is 1.30 bits per heavy atom. The summed E-state index contributed by atoms with van der Waals surface area (Å²) < 4.78 is 0. The first-order valence-corrected chi connectivity index (χ1v) is 3.31. The Labute approximate surface area is 62.3 Å². The van der Waals surface area contributed by atoms with Crippen LogP contribution in [0.1, 0.15) is 27.7 Å². The molecule has 3 N–H and O–H groups in total. The zero-order valence-electron chi connectivity index (χ0n) is 7.13. The van der Waals surface area contributed by atoms with Gasteiger partial charge in [-0.05, 0) is 27.7 Å². The van der Waals surface area contributed by atoms with Gasteiger partial charge in [0.2, 0.25) is 0 Å². The van der Waals surface area contributed by atoms with Crippen LogP contribution in [-0.2, 0) is 0 Å². The van der Waals surface area contributed by atoms with Gasteiger partial charge in [-0.25, -0.2) is 0 Å². The van der Waals surface area contributed by atoms with E-state index in [4.69, 9.17) is 15.3 Å². The van der Waals surface area contributed by atoms with Gasteiger partial charge in [-0.3, -0.25) is 0 Å². The molecule has 10 heavy (non-hydrogen) atoms. The molecular formula is C7H18O3. The second-order valence-electron chi connectivity index (χ2n) is 3.06. The number of hydrogen-bond donors (Lipinski definition) is 3. The summed E-state index contributed by atoms with van der Waals surface area (Å²) in [5.41, 5.74) is -0.903. The molecule has 64 valence electrons. The van der Waals surface area contributed by atoms with Gasteiger partial charge < -0.3 is 15.3 Å². The van der Waals surface area contributed by atoms with Crippen molar-refractivity contribution in [2.75, 3.05) is 6.61 Å².